The van der Waals surface area contributed by atoms with Crippen molar-refractivity contribution in [3.05, 3.63) is 87.5 Å². The molecule has 0 aliphatic rings. The first-order valence-corrected chi connectivity index (χ1v) is 10.4. The lowest BCUT2D eigenvalue weighted by Gasteiger charge is -2.23. The molecule has 0 aliphatic heterocycles. The molecule has 0 saturated heterocycles. The van der Waals surface area contributed by atoms with E-state index in [1.54, 1.807) is 30.3 Å². The van der Waals surface area contributed by atoms with Crippen LogP contribution in [0.15, 0.2) is 60.7 Å². The smallest absolute Gasteiger partial charge is 0.340 e. The van der Waals surface area contributed by atoms with Crippen molar-refractivity contribution in [1.29, 1.82) is 5.26 Å². The van der Waals surface area contributed by atoms with E-state index in [4.69, 9.17) is 14.7 Å². The molecule has 0 aliphatic carbocycles. The Morgan fingerprint density at radius 2 is 1.76 bits per heavy atom. The van der Waals surface area contributed by atoms with Crippen LogP contribution in [0.5, 0.6) is 11.5 Å². The van der Waals surface area contributed by atoms with Gasteiger partial charge in [-0.05, 0) is 43.3 Å². The molecule has 0 heterocycles. The highest BCUT2D eigenvalue weighted by Gasteiger charge is 2.24. The van der Waals surface area contributed by atoms with Crippen LogP contribution in [0, 0.1) is 28.4 Å². The first kappa shape index (κ1) is 23.4. The number of anilines is 2. The van der Waals surface area contributed by atoms with Crippen LogP contribution >= 0.6 is 0 Å². The second-order valence-electron chi connectivity index (χ2n) is 6.68. The lowest BCUT2D eigenvalue weighted by Crippen LogP contribution is -2.22. The van der Waals surface area contributed by atoms with Crippen LogP contribution in [-0.4, -0.2) is 26.8 Å². The van der Waals surface area contributed by atoms with E-state index in [-0.39, 0.29) is 34.0 Å². The molecule has 1 unspecified atom stereocenters. The van der Waals surface area contributed by atoms with E-state index in [0.29, 0.717) is 5.69 Å². The number of methoxy groups -OCH3 is 1. The summed E-state index contributed by atoms with van der Waals surface area (Å²) in [6, 6.07) is 16.3. The SMILES string of the molecule is COC(=O)c1cc(Oc2ccc([N+](=O)[O-])c(C#N)c2)ccc1N(c1ccc(C)cc1)S(=O)O. The van der Waals surface area contributed by atoms with Gasteiger partial charge in [0.2, 0.25) is 0 Å². The summed E-state index contributed by atoms with van der Waals surface area (Å²) in [7, 11) is 1.17. The number of nitro benzene ring substituents is 1. The van der Waals surface area contributed by atoms with Crippen LogP contribution in [0.4, 0.5) is 17.1 Å². The van der Waals surface area contributed by atoms with E-state index in [9.17, 15) is 23.7 Å². The Morgan fingerprint density at radius 1 is 1.12 bits per heavy atom. The topological polar surface area (TPSA) is 143 Å². The predicted octanol–water partition coefficient (Wildman–Crippen LogP) is 4.63. The van der Waals surface area contributed by atoms with Crippen molar-refractivity contribution in [3.8, 4) is 17.6 Å². The number of aryl methyl sites for hydroxylation is 1. The third-order valence-corrected chi connectivity index (χ3v) is 5.26. The Labute approximate surface area is 191 Å². The first-order chi connectivity index (χ1) is 15.7. The fourth-order valence-electron chi connectivity index (χ4n) is 2.99. The number of esters is 1. The number of benzene rings is 3. The van der Waals surface area contributed by atoms with Crippen LogP contribution < -0.4 is 9.04 Å². The standard InChI is InChI=1S/C22H17N3O7S/c1-14-3-5-16(6-4-14)24(33(29)30)21-10-8-18(12-19(21)22(26)31-2)32-17-7-9-20(25(27)28)15(11-17)13-23/h3-12H,1-2H3,(H,29,30). The maximum Gasteiger partial charge on any atom is 0.340 e. The van der Waals surface area contributed by atoms with E-state index in [2.05, 4.69) is 0 Å². The van der Waals surface area contributed by atoms with Crippen molar-refractivity contribution in [2.45, 2.75) is 6.92 Å². The second kappa shape index (κ2) is 9.90. The van der Waals surface area contributed by atoms with Gasteiger partial charge in [-0.1, -0.05) is 17.7 Å². The number of nitriles is 1. The summed E-state index contributed by atoms with van der Waals surface area (Å²) >= 11 is -2.51. The monoisotopic (exact) mass is 467 g/mol. The minimum absolute atomic E-state index is 0.0552. The highest BCUT2D eigenvalue weighted by atomic mass is 32.2. The molecular formula is C22H17N3O7S. The Bertz CT molecular complexity index is 1290. The molecule has 3 rings (SSSR count). The van der Waals surface area contributed by atoms with Crippen LogP contribution in [-0.2, 0) is 16.0 Å². The summed E-state index contributed by atoms with van der Waals surface area (Å²) < 4.78 is 33.6. The highest BCUT2D eigenvalue weighted by Crippen LogP contribution is 2.35. The third-order valence-electron chi connectivity index (χ3n) is 4.54. The molecule has 168 valence electrons. The molecule has 33 heavy (non-hydrogen) atoms. The molecule has 3 aromatic rings. The largest absolute Gasteiger partial charge is 0.465 e. The summed E-state index contributed by atoms with van der Waals surface area (Å²) in [5, 5.41) is 20.2. The molecule has 0 spiro atoms. The molecule has 10 nitrogen and oxygen atoms in total. The molecule has 0 saturated carbocycles. The molecule has 1 N–H and O–H groups in total. The maximum absolute atomic E-state index is 12.5. The molecule has 0 amide bonds. The van der Waals surface area contributed by atoms with Crippen molar-refractivity contribution >= 4 is 34.3 Å². The molecule has 3 aromatic carbocycles. The van der Waals surface area contributed by atoms with Crippen molar-refractivity contribution in [2.75, 3.05) is 11.4 Å². The average Bonchev–Trinajstić information content (AvgIpc) is 2.80. The summed E-state index contributed by atoms with van der Waals surface area (Å²) in [6.07, 6.45) is 0. The number of carbonyl (C=O) groups excluding carboxylic acids is 1. The van der Waals surface area contributed by atoms with E-state index >= 15 is 0 Å². The van der Waals surface area contributed by atoms with Gasteiger partial charge in [-0.2, -0.15) is 5.26 Å². The second-order valence-corrected chi connectivity index (χ2v) is 7.51. The van der Waals surface area contributed by atoms with E-state index in [0.717, 1.165) is 15.9 Å². The van der Waals surface area contributed by atoms with Crippen LogP contribution in [0.3, 0.4) is 0 Å². The van der Waals surface area contributed by atoms with Gasteiger partial charge >= 0.3 is 5.97 Å². The lowest BCUT2D eigenvalue weighted by molar-refractivity contribution is -0.385. The van der Waals surface area contributed by atoms with Gasteiger partial charge in [-0.3, -0.25) is 14.7 Å². The molecule has 0 radical (unpaired) electrons. The van der Waals surface area contributed by atoms with Crippen molar-refractivity contribution in [1.82, 2.24) is 0 Å². The van der Waals surface area contributed by atoms with E-state index in [1.165, 1.54) is 37.4 Å². The maximum atomic E-state index is 12.5. The van der Waals surface area contributed by atoms with Gasteiger partial charge in [-0.25, -0.2) is 13.3 Å². The number of nitro groups is 1. The zero-order valence-electron chi connectivity index (χ0n) is 17.4. The van der Waals surface area contributed by atoms with Crippen LogP contribution in [0.25, 0.3) is 0 Å². The number of ether oxygens (including phenoxy) is 2. The van der Waals surface area contributed by atoms with Gasteiger partial charge in [0.05, 0.1) is 29.0 Å². The number of hydrogen-bond donors (Lipinski definition) is 1. The molecular weight excluding hydrogens is 450 g/mol. The quantitative estimate of drug-likeness (QED) is 0.229. The fraction of sp³-hybridized carbons (Fsp3) is 0.0909. The minimum Gasteiger partial charge on any atom is -0.465 e. The van der Waals surface area contributed by atoms with E-state index < -0.39 is 22.2 Å². The number of carbonyl (C=O) groups is 1. The normalized spacial score (nSPS) is 11.2. The Balaban J connectivity index is 2.05. The van der Waals surface area contributed by atoms with Crippen molar-refractivity contribution in [3.63, 3.8) is 0 Å². The van der Waals surface area contributed by atoms with Crippen LogP contribution in [0.1, 0.15) is 21.5 Å². The van der Waals surface area contributed by atoms with Gasteiger partial charge in [0.1, 0.15) is 23.1 Å². The van der Waals surface area contributed by atoms with Gasteiger partial charge in [0, 0.05) is 12.1 Å². The number of hydrogen-bond acceptors (Lipinski definition) is 7. The molecule has 11 heteroatoms. The summed E-state index contributed by atoms with van der Waals surface area (Å²) in [4.78, 5) is 22.8. The first-order valence-electron chi connectivity index (χ1n) is 9.31. The number of rotatable bonds is 7. The summed E-state index contributed by atoms with van der Waals surface area (Å²) in [6.45, 7) is 1.87. The summed E-state index contributed by atoms with van der Waals surface area (Å²) in [5.74, 6) is -0.509. The van der Waals surface area contributed by atoms with Gasteiger partial charge < -0.3 is 9.47 Å². The number of nitrogens with zero attached hydrogens (tertiary/aromatic N) is 3. The highest BCUT2D eigenvalue weighted by molar-refractivity contribution is 7.81. The van der Waals surface area contributed by atoms with Gasteiger partial charge in [-0.15, -0.1) is 0 Å². The Morgan fingerprint density at radius 3 is 2.33 bits per heavy atom. The Kier molecular flexibility index (Phi) is 7.02. The zero-order chi connectivity index (χ0) is 24.1. The predicted molar refractivity (Wildman–Crippen MR) is 120 cm³/mol. The molecule has 0 fully saturated rings. The van der Waals surface area contributed by atoms with Crippen LogP contribution in [0.2, 0.25) is 0 Å². The molecule has 0 bridgehead atoms. The molecule has 1 atom stereocenters. The van der Waals surface area contributed by atoms with E-state index in [1.807, 2.05) is 6.92 Å². The average molecular weight is 467 g/mol. The van der Waals surface area contributed by atoms with Gasteiger partial charge in [0.15, 0.2) is 0 Å². The van der Waals surface area contributed by atoms with Crippen molar-refractivity contribution in [2.24, 2.45) is 0 Å². The summed E-state index contributed by atoms with van der Waals surface area (Å²) in [5.41, 5.74) is 0.798. The minimum atomic E-state index is -2.51. The van der Waals surface area contributed by atoms with Gasteiger partial charge in [0.25, 0.3) is 17.0 Å². The Hall–Kier alpha value is -4.27. The molecule has 0 aromatic heterocycles. The van der Waals surface area contributed by atoms with Crippen molar-refractivity contribution < 1.29 is 28.0 Å². The lowest BCUT2D eigenvalue weighted by atomic mass is 10.1. The fourth-order valence-corrected chi connectivity index (χ4v) is 3.62. The third kappa shape index (κ3) is 5.15. The zero-order valence-corrected chi connectivity index (χ0v) is 18.2.